The molecule has 1 aliphatic rings. The lowest BCUT2D eigenvalue weighted by Gasteiger charge is -2.19. The van der Waals surface area contributed by atoms with E-state index in [2.05, 4.69) is 10.5 Å². The summed E-state index contributed by atoms with van der Waals surface area (Å²) in [6, 6.07) is 3.57. The van der Waals surface area contributed by atoms with Crippen molar-refractivity contribution in [1.29, 1.82) is 0 Å². The van der Waals surface area contributed by atoms with Gasteiger partial charge in [-0.3, -0.25) is 4.79 Å². The largest absolute Gasteiger partial charge is 0.463 e. The van der Waals surface area contributed by atoms with Crippen molar-refractivity contribution >= 4 is 12.1 Å². The lowest BCUT2D eigenvalue weighted by molar-refractivity contribution is -0.125. The van der Waals surface area contributed by atoms with Crippen molar-refractivity contribution in [2.24, 2.45) is 11.0 Å². The summed E-state index contributed by atoms with van der Waals surface area (Å²) in [4.78, 5) is 11.7. The Kier molecular flexibility index (Phi) is 3.75. The van der Waals surface area contributed by atoms with Crippen LogP contribution in [0, 0.1) is 5.92 Å². The Labute approximate surface area is 94.7 Å². The fourth-order valence-corrected chi connectivity index (χ4v) is 1.98. The van der Waals surface area contributed by atoms with E-state index in [-0.39, 0.29) is 11.8 Å². The van der Waals surface area contributed by atoms with Crippen LogP contribution in [0.5, 0.6) is 0 Å². The summed E-state index contributed by atoms with van der Waals surface area (Å²) in [5.74, 6) is 0.814. The summed E-state index contributed by atoms with van der Waals surface area (Å²) in [7, 11) is 0. The highest BCUT2D eigenvalue weighted by atomic mass is 16.3. The van der Waals surface area contributed by atoms with Crippen molar-refractivity contribution in [2.45, 2.75) is 32.1 Å². The summed E-state index contributed by atoms with van der Waals surface area (Å²) < 4.78 is 5.06. The molecule has 0 spiro atoms. The summed E-state index contributed by atoms with van der Waals surface area (Å²) in [6.07, 6.45) is 8.62. The van der Waals surface area contributed by atoms with Gasteiger partial charge in [0.15, 0.2) is 0 Å². The van der Waals surface area contributed by atoms with E-state index in [1.165, 1.54) is 12.6 Å². The van der Waals surface area contributed by atoms with Crippen LogP contribution in [0.15, 0.2) is 27.9 Å². The van der Waals surface area contributed by atoms with Gasteiger partial charge in [0.1, 0.15) is 5.76 Å². The van der Waals surface area contributed by atoms with Crippen molar-refractivity contribution in [1.82, 2.24) is 5.43 Å². The lowest BCUT2D eigenvalue weighted by atomic mass is 9.89. The van der Waals surface area contributed by atoms with Crippen LogP contribution in [0.2, 0.25) is 0 Å². The summed E-state index contributed by atoms with van der Waals surface area (Å²) in [5, 5.41) is 3.87. The first kappa shape index (κ1) is 10.9. The fraction of sp³-hybridized carbons (Fsp3) is 0.500. The first-order valence-corrected chi connectivity index (χ1v) is 5.72. The monoisotopic (exact) mass is 220 g/mol. The van der Waals surface area contributed by atoms with Gasteiger partial charge >= 0.3 is 0 Å². The molecule has 86 valence electrons. The third-order valence-corrected chi connectivity index (χ3v) is 2.89. The van der Waals surface area contributed by atoms with Crippen LogP contribution in [0.1, 0.15) is 37.9 Å². The predicted molar refractivity (Wildman–Crippen MR) is 61.0 cm³/mol. The molecule has 0 saturated heterocycles. The number of carbonyl (C=O) groups is 1. The van der Waals surface area contributed by atoms with Crippen molar-refractivity contribution in [3.05, 3.63) is 24.2 Å². The minimum absolute atomic E-state index is 0.0301. The van der Waals surface area contributed by atoms with Crippen LogP contribution in [0.25, 0.3) is 0 Å². The summed E-state index contributed by atoms with van der Waals surface area (Å²) >= 11 is 0. The van der Waals surface area contributed by atoms with Gasteiger partial charge in [-0.15, -0.1) is 0 Å². The van der Waals surface area contributed by atoms with E-state index in [1.54, 1.807) is 18.4 Å². The molecule has 0 radical (unpaired) electrons. The molecule has 1 saturated carbocycles. The molecule has 4 nitrogen and oxygen atoms in total. The molecule has 1 fully saturated rings. The lowest BCUT2D eigenvalue weighted by Crippen LogP contribution is -2.28. The van der Waals surface area contributed by atoms with E-state index >= 15 is 0 Å². The quantitative estimate of drug-likeness (QED) is 0.627. The maximum atomic E-state index is 11.7. The van der Waals surface area contributed by atoms with Gasteiger partial charge in [-0.25, -0.2) is 5.43 Å². The van der Waals surface area contributed by atoms with E-state index in [0.717, 1.165) is 25.7 Å². The molecule has 1 aromatic rings. The number of hydrogen-bond donors (Lipinski definition) is 1. The average molecular weight is 220 g/mol. The molecule has 1 N–H and O–H groups in total. The summed E-state index contributed by atoms with van der Waals surface area (Å²) in [6.45, 7) is 0. The molecule has 0 unspecified atom stereocenters. The van der Waals surface area contributed by atoms with Crippen LogP contribution >= 0.6 is 0 Å². The van der Waals surface area contributed by atoms with Crippen LogP contribution < -0.4 is 5.43 Å². The number of nitrogens with one attached hydrogen (secondary N) is 1. The molecule has 4 heteroatoms. The maximum absolute atomic E-state index is 11.7. The van der Waals surface area contributed by atoms with Crippen molar-refractivity contribution < 1.29 is 9.21 Å². The molecule has 0 atom stereocenters. The Morgan fingerprint density at radius 2 is 2.25 bits per heavy atom. The molecule has 16 heavy (non-hydrogen) atoms. The van der Waals surface area contributed by atoms with Gasteiger partial charge in [0.25, 0.3) is 0 Å². The summed E-state index contributed by atoms with van der Waals surface area (Å²) in [5.41, 5.74) is 2.56. The van der Waals surface area contributed by atoms with Gasteiger partial charge in [-0.05, 0) is 25.0 Å². The first-order valence-electron chi connectivity index (χ1n) is 5.72. The van der Waals surface area contributed by atoms with Crippen LogP contribution in [0.4, 0.5) is 0 Å². The van der Waals surface area contributed by atoms with Crippen molar-refractivity contribution in [3.8, 4) is 0 Å². The second-order valence-corrected chi connectivity index (χ2v) is 4.08. The Balaban J connectivity index is 1.78. The smallest absolute Gasteiger partial charge is 0.243 e. The normalized spacial score (nSPS) is 17.8. The molecule has 0 aliphatic heterocycles. The van der Waals surface area contributed by atoms with E-state index in [4.69, 9.17) is 4.42 Å². The highest BCUT2D eigenvalue weighted by molar-refractivity contribution is 5.81. The molecule has 1 aromatic heterocycles. The third-order valence-electron chi connectivity index (χ3n) is 2.89. The van der Waals surface area contributed by atoms with Gasteiger partial charge < -0.3 is 4.42 Å². The van der Waals surface area contributed by atoms with E-state index in [1.807, 2.05) is 0 Å². The minimum atomic E-state index is 0.0301. The zero-order valence-electron chi connectivity index (χ0n) is 9.19. The topological polar surface area (TPSA) is 54.6 Å². The SMILES string of the molecule is O=C(N/N=C\c1ccco1)C1CCCCC1. The van der Waals surface area contributed by atoms with Gasteiger partial charge in [0.05, 0.1) is 12.5 Å². The highest BCUT2D eigenvalue weighted by Crippen LogP contribution is 2.23. The molecule has 1 amide bonds. The van der Waals surface area contributed by atoms with Gasteiger partial charge in [-0.2, -0.15) is 5.10 Å². The minimum Gasteiger partial charge on any atom is -0.463 e. The molecule has 0 bridgehead atoms. The first-order chi connectivity index (χ1) is 7.86. The van der Waals surface area contributed by atoms with Gasteiger partial charge in [0.2, 0.25) is 5.91 Å². The highest BCUT2D eigenvalue weighted by Gasteiger charge is 2.20. The molecular formula is C12H16N2O2. The Morgan fingerprint density at radius 3 is 2.94 bits per heavy atom. The van der Waals surface area contributed by atoms with E-state index in [0.29, 0.717) is 5.76 Å². The zero-order valence-corrected chi connectivity index (χ0v) is 9.19. The number of rotatable bonds is 3. The van der Waals surface area contributed by atoms with E-state index in [9.17, 15) is 4.79 Å². The van der Waals surface area contributed by atoms with Crippen molar-refractivity contribution in [2.75, 3.05) is 0 Å². The second kappa shape index (κ2) is 5.49. The molecule has 1 aliphatic carbocycles. The Hall–Kier alpha value is -1.58. The number of furan rings is 1. The Morgan fingerprint density at radius 1 is 1.44 bits per heavy atom. The number of hydrazone groups is 1. The number of amides is 1. The third kappa shape index (κ3) is 2.95. The van der Waals surface area contributed by atoms with Crippen molar-refractivity contribution in [3.63, 3.8) is 0 Å². The standard InChI is InChI=1S/C12H16N2O2/c15-12(10-5-2-1-3-6-10)14-13-9-11-7-4-8-16-11/h4,7-10H,1-3,5-6H2,(H,14,15)/b13-9-. The van der Waals surface area contributed by atoms with Crippen LogP contribution in [-0.2, 0) is 4.79 Å². The molecule has 2 rings (SSSR count). The van der Waals surface area contributed by atoms with Gasteiger partial charge in [-0.1, -0.05) is 19.3 Å². The Bertz CT molecular complexity index is 351. The zero-order chi connectivity index (χ0) is 11.2. The molecule has 0 aromatic carbocycles. The number of nitrogens with zero attached hydrogens (tertiary/aromatic N) is 1. The van der Waals surface area contributed by atoms with E-state index < -0.39 is 0 Å². The predicted octanol–water partition coefficient (Wildman–Crippen LogP) is 2.31. The molecule has 1 heterocycles. The van der Waals surface area contributed by atoms with Crippen LogP contribution in [0.3, 0.4) is 0 Å². The fourth-order valence-electron chi connectivity index (χ4n) is 1.98. The molecular weight excluding hydrogens is 204 g/mol. The van der Waals surface area contributed by atoms with Crippen LogP contribution in [-0.4, -0.2) is 12.1 Å². The average Bonchev–Trinajstić information content (AvgIpc) is 2.83. The number of hydrogen-bond acceptors (Lipinski definition) is 3. The second-order valence-electron chi connectivity index (χ2n) is 4.08. The maximum Gasteiger partial charge on any atom is 0.243 e. The number of carbonyl (C=O) groups excluding carboxylic acids is 1. The van der Waals surface area contributed by atoms with Gasteiger partial charge in [0, 0.05) is 5.92 Å².